The quantitative estimate of drug-likeness (QED) is 0.369. The Bertz CT molecular complexity index is 923. The molecule has 0 radical (unpaired) electrons. The molecule has 0 bridgehead atoms. The zero-order valence-corrected chi connectivity index (χ0v) is 15.2. The lowest BCUT2D eigenvalue weighted by Crippen LogP contribution is -1.99. The molecule has 0 N–H and O–H groups in total. The van der Waals surface area contributed by atoms with Crippen molar-refractivity contribution in [1.82, 2.24) is 4.98 Å². The van der Waals surface area contributed by atoms with E-state index in [4.69, 9.17) is 4.42 Å². The first-order valence-electron chi connectivity index (χ1n) is 9.30. The lowest BCUT2D eigenvalue weighted by Gasteiger charge is -2.01. The molecule has 0 aliphatic carbocycles. The van der Waals surface area contributed by atoms with Crippen molar-refractivity contribution in [3.63, 3.8) is 0 Å². The van der Waals surface area contributed by atoms with Crippen LogP contribution in [0, 0.1) is 11.3 Å². The molecule has 0 unspecified atom stereocenters. The van der Waals surface area contributed by atoms with Crippen LogP contribution in [0.15, 0.2) is 65.2 Å². The molecule has 0 spiro atoms. The van der Waals surface area contributed by atoms with Gasteiger partial charge < -0.3 is 4.42 Å². The van der Waals surface area contributed by atoms with Gasteiger partial charge in [-0.2, -0.15) is 5.26 Å². The average Bonchev–Trinajstić information content (AvgIpc) is 3.21. The van der Waals surface area contributed by atoms with Crippen molar-refractivity contribution in [3.8, 4) is 17.4 Å². The molecule has 0 atom stereocenters. The lowest BCUT2D eigenvalue weighted by molar-refractivity contribution is 0.0946. The van der Waals surface area contributed by atoms with E-state index in [1.165, 1.54) is 11.8 Å². The van der Waals surface area contributed by atoms with Crippen molar-refractivity contribution in [3.05, 3.63) is 77.8 Å². The number of hydrogen-bond donors (Lipinski definition) is 0. The molecule has 0 amide bonds. The van der Waals surface area contributed by atoms with Crippen LogP contribution >= 0.6 is 0 Å². The van der Waals surface area contributed by atoms with Crippen molar-refractivity contribution in [2.75, 3.05) is 0 Å². The van der Waals surface area contributed by atoms with Gasteiger partial charge in [-0.1, -0.05) is 55.3 Å². The largest absolute Gasteiger partial charge is 0.434 e. The zero-order valence-electron chi connectivity index (χ0n) is 15.2. The number of oxazole rings is 1. The summed E-state index contributed by atoms with van der Waals surface area (Å²) in [7, 11) is 0. The molecule has 4 nitrogen and oxygen atoms in total. The van der Waals surface area contributed by atoms with Crippen LogP contribution in [-0.4, -0.2) is 10.8 Å². The van der Waals surface area contributed by atoms with Crippen molar-refractivity contribution in [1.29, 1.82) is 5.26 Å². The van der Waals surface area contributed by atoms with E-state index < -0.39 is 0 Å². The Morgan fingerprint density at radius 3 is 2.52 bits per heavy atom. The number of carbonyl (C=O) groups is 1. The first kappa shape index (κ1) is 18.6. The Labute approximate surface area is 159 Å². The molecular weight excluding hydrogens is 336 g/mol. The maximum atomic E-state index is 12.3. The van der Waals surface area contributed by atoms with Gasteiger partial charge in [0.15, 0.2) is 5.76 Å². The highest BCUT2D eigenvalue weighted by Crippen LogP contribution is 2.24. The fourth-order valence-corrected chi connectivity index (χ4v) is 3.04. The highest BCUT2D eigenvalue weighted by Gasteiger charge is 2.15. The van der Waals surface area contributed by atoms with E-state index in [0.29, 0.717) is 23.3 Å². The Balaban J connectivity index is 1.44. The number of nitrogens with zero attached hydrogens (tertiary/aromatic N) is 2. The fourth-order valence-electron chi connectivity index (χ4n) is 3.04. The SMILES string of the molecule is N#Cc1ccccc1-c1cnc(C(=O)CCCCCCc2ccccc2)o1. The van der Waals surface area contributed by atoms with E-state index in [0.717, 1.165) is 32.1 Å². The molecule has 3 aromatic rings. The minimum Gasteiger partial charge on any atom is -0.434 e. The molecular formula is C23H22N2O2. The summed E-state index contributed by atoms with van der Waals surface area (Å²) in [5.74, 6) is 0.499. The minimum absolute atomic E-state index is 0.0845. The molecule has 4 heteroatoms. The first-order chi connectivity index (χ1) is 13.3. The summed E-state index contributed by atoms with van der Waals surface area (Å²) < 4.78 is 5.60. The van der Waals surface area contributed by atoms with Crippen LogP contribution in [-0.2, 0) is 6.42 Å². The van der Waals surface area contributed by atoms with Crippen LogP contribution in [0.1, 0.15) is 53.9 Å². The molecule has 0 saturated heterocycles. The van der Waals surface area contributed by atoms with Crippen LogP contribution in [0.3, 0.4) is 0 Å². The standard InChI is InChI=1S/C23H22N2O2/c24-16-19-13-8-9-14-20(19)22-17-25-23(27-22)21(26)15-7-2-1-4-10-18-11-5-3-6-12-18/h3,5-6,8-9,11-14,17H,1-2,4,7,10,15H2. The lowest BCUT2D eigenvalue weighted by atomic mass is 10.0. The predicted octanol–water partition coefficient (Wildman–Crippen LogP) is 5.59. The molecule has 3 rings (SSSR count). The second-order valence-electron chi connectivity index (χ2n) is 6.51. The van der Waals surface area contributed by atoms with E-state index in [9.17, 15) is 10.1 Å². The molecule has 0 fully saturated rings. The van der Waals surface area contributed by atoms with E-state index in [1.54, 1.807) is 18.2 Å². The molecule has 0 aliphatic rings. The van der Waals surface area contributed by atoms with E-state index >= 15 is 0 Å². The molecule has 27 heavy (non-hydrogen) atoms. The third-order valence-electron chi connectivity index (χ3n) is 4.52. The van der Waals surface area contributed by atoms with Gasteiger partial charge in [0.2, 0.25) is 5.78 Å². The molecule has 136 valence electrons. The van der Waals surface area contributed by atoms with Crippen molar-refractivity contribution >= 4 is 5.78 Å². The van der Waals surface area contributed by atoms with E-state index in [1.807, 2.05) is 12.1 Å². The van der Waals surface area contributed by atoms with Crippen LogP contribution in [0.4, 0.5) is 0 Å². The maximum Gasteiger partial charge on any atom is 0.263 e. The van der Waals surface area contributed by atoms with Gasteiger partial charge in [0, 0.05) is 12.0 Å². The van der Waals surface area contributed by atoms with Gasteiger partial charge in [0.1, 0.15) is 0 Å². The number of ketones is 1. The monoisotopic (exact) mass is 358 g/mol. The third kappa shape index (κ3) is 5.15. The van der Waals surface area contributed by atoms with Gasteiger partial charge in [-0.3, -0.25) is 4.79 Å². The van der Waals surface area contributed by atoms with Crippen LogP contribution < -0.4 is 0 Å². The number of unbranched alkanes of at least 4 members (excludes halogenated alkanes) is 3. The first-order valence-corrected chi connectivity index (χ1v) is 9.30. The second-order valence-corrected chi connectivity index (χ2v) is 6.51. The number of aryl methyl sites for hydroxylation is 1. The van der Waals surface area contributed by atoms with Crippen molar-refractivity contribution in [2.45, 2.75) is 38.5 Å². The number of nitriles is 1. The molecule has 2 aromatic carbocycles. The van der Waals surface area contributed by atoms with Crippen LogP contribution in [0.5, 0.6) is 0 Å². The van der Waals surface area contributed by atoms with E-state index in [-0.39, 0.29) is 11.7 Å². The van der Waals surface area contributed by atoms with Gasteiger partial charge in [-0.15, -0.1) is 0 Å². The average molecular weight is 358 g/mol. The van der Waals surface area contributed by atoms with Crippen LogP contribution in [0.2, 0.25) is 0 Å². The third-order valence-corrected chi connectivity index (χ3v) is 4.52. The molecule has 1 aromatic heterocycles. The van der Waals surface area contributed by atoms with Crippen molar-refractivity contribution < 1.29 is 9.21 Å². The molecule has 1 heterocycles. The summed E-state index contributed by atoms with van der Waals surface area (Å²) in [6, 6.07) is 19.7. The van der Waals surface area contributed by atoms with Gasteiger partial charge in [-0.05, 0) is 37.0 Å². The topological polar surface area (TPSA) is 66.9 Å². The predicted molar refractivity (Wildman–Crippen MR) is 104 cm³/mol. The number of aromatic nitrogens is 1. The number of Topliss-reactive ketones (excluding diaryl/α,β-unsaturated/α-hetero) is 1. The summed E-state index contributed by atoms with van der Waals surface area (Å²) in [6.45, 7) is 0. The van der Waals surface area contributed by atoms with Crippen LogP contribution in [0.25, 0.3) is 11.3 Å². The summed E-state index contributed by atoms with van der Waals surface area (Å²) in [6.07, 6.45) is 7.12. The summed E-state index contributed by atoms with van der Waals surface area (Å²) >= 11 is 0. The molecule has 0 saturated carbocycles. The van der Waals surface area contributed by atoms with Gasteiger partial charge in [-0.25, -0.2) is 4.98 Å². The molecule has 0 aliphatic heterocycles. The Morgan fingerprint density at radius 1 is 0.963 bits per heavy atom. The van der Waals surface area contributed by atoms with Gasteiger partial charge in [0.05, 0.1) is 17.8 Å². The number of rotatable bonds is 9. The van der Waals surface area contributed by atoms with Gasteiger partial charge in [0.25, 0.3) is 5.89 Å². The van der Waals surface area contributed by atoms with Gasteiger partial charge >= 0.3 is 0 Å². The Morgan fingerprint density at radius 2 is 1.70 bits per heavy atom. The summed E-state index contributed by atoms with van der Waals surface area (Å²) in [5.41, 5.74) is 2.53. The Kier molecular flexibility index (Phi) is 6.54. The fraction of sp³-hybridized carbons (Fsp3) is 0.261. The normalized spacial score (nSPS) is 10.5. The smallest absolute Gasteiger partial charge is 0.263 e. The summed E-state index contributed by atoms with van der Waals surface area (Å²) in [4.78, 5) is 16.4. The minimum atomic E-state index is -0.0845. The highest BCUT2D eigenvalue weighted by atomic mass is 16.4. The Hall–Kier alpha value is -3.19. The zero-order chi connectivity index (χ0) is 18.9. The second kappa shape index (κ2) is 9.49. The number of carbonyl (C=O) groups excluding carboxylic acids is 1. The number of benzene rings is 2. The summed E-state index contributed by atoms with van der Waals surface area (Å²) in [5, 5.41) is 9.18. The number of hydrogen-bond acceptors (Lipinski definition) is 4. The van der Waals surface area contributed by atoms with E-state index in [2.05, 4.69) is 35.3 Å². The van der Waals surface area contributed by atoms with Crippen molar-refractivity contribution in [2.24, 2.45) is 0 Å². The maximum absolute atomic E-state index is 12.3. The highest BCUT2D eigenvalue weighted by molar-refractivity contribution is 5.92.